The highest BCUT2D eigenvalue weighted by Crippen LogP contribution is 2.23. The van der Waals surface area contributed by atoms with Crippen LogP contribution in [0.15, 0.2) is 114 Å². The van der Waals surface area contributed by atoms with Gasteiger partial charge >= 0.3 is 0 Å². The Hall–Kier alpha value is -3.65. The van der Waals surface area contributed by atoms with Crippen LogP contribution in [-0.4, -0.2) is 6.34 Å². The van der Waals surface area contributed by atoms with Crippen molar-refractivity contribution >= 4 is 17.7 Å². The molecule has 0 aliphatic heterocycles. The summed E-state index contributed by atoms with van der Waals surface area (Å²) in [6, 6.07) is 37.3. The fraction of sp³-hybridized carbons (Fsp3) is 0. The standard InChI is InChI=1S/C25H20N2/c1-3-7-20(8-4-1)22-11-15-24(16-12-22)26-19-27-25-17-13-23(14-18-25)21-9-5-2-6-10-21/h1-19H,(H,26,27). The third-order valence-corrected chi connectivity index (χ3v) is 4.41. The molecule has 0 aliphatic rings. The number of benzene rings is 4. The Morgan fingerprint density at radius 2 is 0.926 bits per heavy atom. The molecule has 0 aliphatic carbocycles. The molecule has 0 atom stereocenters. The third kappa shape index (κ3) is 4.31. The van der Waals surface area contributed by atoms with Crippen LogP contribution in [-0.2, 0) is 0 Å². The van der Waals surface area contributed by atoms with Crippen molar-refractivity contribution in [1.29, 1.82) is 0 Å². The Kier molecular flexibility index (Phi) is 5.07. The van der Waals surface area contributed by atoms with E-state index in [1.165, 1.54) is 22.3 Å². The van der Waals surface area contributed by atoms with Gasteiger partial charge in [-0.2, -0.15) is 0 Å². The summed E-state index contributed by atoms with van der Waals surface area (Å²) in [5, 5.41) is 3.23. The van der Waals surface area contributed by atoms with E-state index in [2.05, 4.69) is 83.1 Å². The van der Waals surface area contributed by atoms with Crippen LogP contribution in [0, 0.1) is 0 Å². The van der Waals surface area contributed by atoms with Crippen LogP contribution in [0.1, 0.15) is 0 Å². The molecule has 0 bridgehead atoms. The minimum Gasteiger partial charge on any atom is -0.346 e. The van der Waals surface area contributed by atoms with E-state index in [-0.39, 0.29) is 0 Å². The molecule has 2 heteroatoms. The Labute approximate surface area is 159 Å². The highest BCUT2D eigenvalue weighted by Gasteiger charge is 1.97. The molecule has 0 amide bonds. The smallest absolute Gasteiger partial charge is 0.0930 e. The Morgan fingerprint density at radius 3 is 1.44 bits per heavy atom. The topological polar surface area (TPSA) is 24.4 Å². The molecular weight excluding hydrogens is 328 g/mol. The predicted molar refractivity (Wildman–Crippen MR) is 116 cm³/mol. The molecule has 4 aromatic carbocycles. The number of nitrogens with zero attached hydrogens (tertiary/aromatic N) is 1. The molecule has 0 aromatic heterocycles. The molecule has 0 heterocycles. The molecule has 1 N–H and O–H groups in total. The molecule has 0 spiro atoms. The number of anilines is 1. The van der Waals surface area contributed by atoms with Crippen LogP contribution >= 0.6 is 0 Å². The summed E-state index contributed by atoms with van der Waals surface area (Å²) >= 11 is 0. The van der Waals surface area contributed by atoms with Crippen molar-refractivity contribution in [2.24, 2.45) is 4.99 Å². The third-order valence-electron chi connectivity index (χ3n) is 4.41. The van der Waals surface area contributed by atoms with Crippen molar-refractivity contribution in [3.63, 3.8) is 0 Å². The number of aliphatic imine (C=N–C) groups is 1. The minimum atomic E-state index is 0.920. The number of hydrogen-bond donors (Lipinski definition) is 1. The second-order valence-electron chi connectivity index (χ2n) is 6.26. The SMILES string of the molecule is C(=Nc1ccc(-c2ccccc2)cc1)Nc1ccc(-c2ccccc2)cc1. The maximum absolute atomic E-state index is 4.48. The van der Waals surface area contributed by atoms with Gasteiger partial charge in [0.25, 0.3) is 0 Å². The molecule has 0 saturated heterocycles. The summed E-state index contributed by atoms with van der Waals surface area (Å²) in [6.07, 6.45) is 1.73. The maximum Gasteiger partial charge on any atom is 0.0930 e. The largest absolute Gasteiger partial charge is 0.346 e. The van der Waals surface area contributed by atoms with Crippen LogP contribution in [0.25, 0.3) is 22.3 Å². The van der Waals surface area contributed by atoms with Gasteiger partial charge in [-0.15, -0.1) is 0 Å². The lowest BCUT2D eigenvalue weighted by molar-refractivity contribution is 1.51. The van der Waals surface area contributed by atoms with Crippen LogP contribution in [0.2, 0.25) is 0 Å². The molecule has 2 nitrogen and oxygen atoms in total. The second-order valence-corrected chi connectivity index (χ2v) is 6.26. The summed E-state index contributed by atoms with van der Waals surface area (Å²) < 4.78 is 0. The monoisotopic (exact) mass is 348 g/mol. The predicted octanol–water partition coefficient (Wildman–Crippen LogP) is 6.79. The van der Waals surface area contributed by atoms with E-state index in [0.29, 0.717) is 0 Å². The van der Waals surface area contributed by atoms with Gasteiger partial charge in [0.1, 0.15) is 0 Å². The van der Waals surface area contributed by atoms with Crippen LogP contribution in [0.3, 0.4) is 0 Å². The van der Waals surface area contributed by atoms with Crippen molar-refractivity contribution in [3.8, 4) is 22.3 Å². The zero-order valence-corrected chi connectivity index (χ0v) is 14.9. The first-order valence-corrected chi connectivity index (χ1v) is 8.98. The molecular formula is C25H20N2. The second kappa shape index (κ2) is 8.15. The van der Waals surface area contributed by atoms with Gasteiger partial charge in [-0.05, 0) is 46.5 Å². The van der Waals surface area contributed by atoms with Gasteiger partial charge in [-0.25, -0.2) is 4.99 Å². The maximum atomic E-state index is 4.48. The lowest BCUT2D eigenvalue weighted by Crippen LogP contribution is -1.93. The number of hydrogen-bond acceptors (Lipinski definition) is 1. The number of rotatable bonds is 5. The van der Waals surface area contributed by atoms with Gasteiger partial charge in [-0.1, -0.05) is 84.9 Å². The van der Waals surface area contributed by atoms with Crippen molar-refractivity contribution in [1.82, 2.24) is 0 Å². The average Bonchev–Trinajstić information content (AvgIpc) is 2.76. The van der Waals surface area contributed by atoms with Gasteiger partial charge in [0, 0.05) is 5.69 Å². The van der Waals surface area contributed by atoms with E-state index in [4.69, 9.17) is 0 Å². The van der Waals surface area contributed by atoms with Gasteiger partial charge < -0.3 is 5.32 Å². The van der Waals surface area contributed by atoms with Gasteiger partial charge in [0.15, 0.2) is 0 Å². The normalized spacial score (nSPS) is 10.8. The van der Waals surface area contributed by atoms with Crippen molar-refractivity contribution in [2.45, 2.75) is 0 Å². The summed E-state index contributed by atoms with van der Waals surface area (Å²) in [7, 11) is 0. The van der Waals surface area contributed by atoms with Crippen LogP contribution in [0.5, 0.6) is 0 Å². The molecule has 4 aromatic rings. The first-order chi connectivity index (χ1) is 13.4. The zero-order chi connectivity index (χ0) is 18.3. The van der Waals surface area contributed by atoms with E-state index >= 15 is 0 Å². The fourth-order valence-electron chi connectivity index (χ4n) is 2.94. The van der Waals surface area contributed by atoms with Gasteiger partial charge in [-0.3, -0.25) is 0 Å². The molecule has 0 unspecified atom stereocenters. The quantitative estimate of drug-likeness (QED) is 0.311. The minimum absolute atomic E-state index is 0.920. The van der Waals surface area contributed by atoms with Crippen LogP contribution in [0.4, 0.5) is 11.4 Å². The van der Waals surface area contributed by atoms with Crippen molar-refractivity contribution in [3.05, 3.63) is 109 Å². The first kappa shape index (κ1) is 16.8. The van der Waals surface area contributed by atoms with Crippen LogP contribution < -0.4 is 5.32 Å². The van der Waals surface area contributed by atoms with Crippen molar-refractivity contribution < 1.29 is 0 Å². The lowest BCUT2D eigenvalue weighted by Gasteiger charge is -2.04. The fourth-order valence-corrected chi connectivity index (χ4v) is 2.94. The number of nitrogens with one attached hydrogen (secondary N) is 1. The zero-order valence-electron chi connectivity index (χ0n) is 14.9. The van der Waals surface area contributed by atoms with E-state index in [9.17, 15) is 0 Å². The molecule has 0 radical (unpaired) electrons. The summed E-state index contributed by atoms with van der Waals surface area (Å²) in [4.78, 5) is 4.48. The Morgan fingerprint density at radius 1 is 0.481 bits per heavy atom. The van der Waals surface area contributed by atoms with E-state index in [1.54, 1.807) is 6.34 Å². The van der Waals surface area contributed by atoms with Crippen molar-refractivity contribution in [2.75, 3.05) is 5.32 Å². The Bertz CT molecular complexity index is 1000. The Balaban J connectivity index is 1.39. The highest BCUT2D eigenvalue weighted by molar-refractivity contribution is 5.79. The van der Waals surface area contributed by atoms with Gasteiger partial charge in [0.05, 0.1) is 12.0 Å². The lowest BCUT2D eigenvalue weighted by atomic mass is 10.1. The molecule has 130 valence electrons. The average molecular weight is 348 g/mol. The molecule has 27 heavy (non-hydrogen) atoms. The summed E-state index contributed by atoms with van der Waals surface area (Å²) in [6.45, 7) is 0. The summed E-state index contributed by atoms with van der Waals surface area (Å²) in [5.41, 5.74) is 6.76. The van der Waals surface area contributed by atoms with E-state index in [1.807, 2.05) is 36.4 Å². The highest BCUT2D eigenvalue weighted by atomic mass is 14.9. The first-order valence-electron chi connectivity index (χ1n) is 8.98. The van der Waals surface area contributed by atoms with E-state index < -0.39 is 0 Å². The van der Waals surface area contributed by atoms with E-state index in [0.717, 1.165) is 11.4 Å². The van der Waals surface area contributed by atoms with Gasteiger partial charge in [0.2, 0.25) is 0 Å². The molecule has 4 rings (SSSR count). The molecule has 0 saturated carbocycles. The summed E-state index contributed by atoms with van der Waals surface area (Å²) in [5.74, 6) is 0. The molecule has 0 fully saturated rings.